The molecular formula is C12H12ClN3O4. The molecule has 20 heavy (non-hydrogen) atoms. The van der Waals surface area contributed by atoms with Crippen LogP contribution in [-0.4, -0.2) is 36.9 Å². The van der Waals surface area contributed by atoms with Gasteiger partial charge >= 0.3 is 12.0 Å². The minimum Gasteiger partial charge on any atom is -0.480 e. The monoisotopic (exact) mass is 297 g/mol. The van der Waals surface area contributed by atoms with Crippen LogP contribution in [0, 0.1) is 11.3 Å². The van der Waals surface area contributed by atoms with Crippen molar-refractivity contribution < 1.29 is 19.4 Å². The second kappa shape index (κ2) is 7.33. The second-order valence-corrected chi connectivity index (χ2v) is 4.16. The third-order valence-electron chi connectivity index (χ3n) is 2.28. The Kier molecular flexibility index (Phi) is 5.77. The number of ether oxygens (including phenoxy) is 1. The molecule has 1 atom stereocenters. The number of carbonyl (C=O) groups excluding carboxylic acids is 1. The molecule has 7 nitrogen and oxygen atoms in total. The first-order chi connectivity index (χ1) is 9.47. The van der Waals surface area contributed by atoms with Crippen LogP contribution >= 0.6 is 11.6 Å². The number of halogens is 1. The van der Waals surface area contributed by atoms with Crippen molar-refractivity contribution in [3.63, 3.8) is 0 Å². The van der Waals surface area contributed by atoms with Gasteiger partial charge in [0.25, 0.3) is 0 Å². The molecule has 0 radical (unpaired) electrons. The number of carboxylic acids is 1. The average molecular weight is 298 g/mol. The summed E-state index contributed by atoms with van der Waals surface area (Å²) in [7, 11) is 1.33. The average Bonchev–Trinajstić information content (AvgIpc) is 2.38. The summed E-state index contributed by atoms with van der Waals surface area (Å²) < 4.78 is 4.69. The Balaban J connectivity index is 2.69. The molecular weight excluding hydrogens is 286 g/mol. The Hall–Kier alpha value is -2.30. The Morgan fingerprint density at radius 1 is 1.55 bits per heavy atom. The normalized spacial score (nSPS) is 11.2. The van der Waals surface area contributed by atoms with Crippen LogP contribution in [-0.2, 0) is 9.53 Å². The maximum Gasteiger partial charge on any atom is 0.328 e. The van der Waals surface area contributed by atoms with E-state index in [9.17, 15) is 9.59 Å². The predicted molar refractivity (Wildman–Crippen MR) is 71.6 cm³/mol. The lowest BCUT2D eigenvalue weighted by molar-refractivity contribution is -0.140. The minimum atomic E-state index is -1.21. The standard InChI is InChI=1S/C12H12ClN3O4/c1-20-6-10(11(17)18)16-12(19)15-8-3-2-7(5-14)9(13)4-8/h2-4,10H,6H2,1H3,(H,17,18)(H2,15,16,19). The number of nitrogens with zero attached hydrogens (tertiary/aromatic N) is 1. The predicted octanol–water partition coefficient (Wildman–Crippen LogP) is 1.43. The third-order valence-corrected chi connectivity index (χ3v) is 2.60. The number of methoxy groups -OCH3 is 1. The minimum absolute atomic E-state index is 0.156. The summed E-state index contributed by atoms with van der Waals surface area (Å²) in [6.07, 6.45) is 0. The maximum absolute atomic E-state index is 11.6. The van der Waals surface area contributed by atoms with Gasteiger partial charge in [-0.25, -0.2) is 9.59 Å². The molecule has 106 valence electrons. The molecule has 0 aliphatic heterocycles. The number of nitriles is 1. The summed E-state index contributed by atoms with van der Waals surface area (Å²) in [6.45, 7) is -0.156. The van der Waals surface area contributed by atoms with E-state index in [4.69, 9.17) is 22.0 Å². The molecule has 0 heterocycles. The van der Waals surface area contributed by atoms with Crippen LogP contribution in [0.15, 0.2) is 18.2 Å². The molecule has 0 aromatic heterocycles. The van der Waals surface area contributed by atoms with Gasteiger partial charge in [0.05, 0.1) is 17.2 Å². The molecule has 1 rings (SSSR count). The van der Waals surface area contributed by atoms with E-state index < -0.39 is 18.0 Å². The number of carboxylic acid groups (broad SMARTS) is 1. The highest BCUT2D eigenvalue weighted by atomic mass is 35.5. The molecule has 0 saturated carbocycles. The zero-order chi connectivity index (χ0) is 15.1. The lowest BCUT2D eigenvalue weighted by Crippen LogP contribution is -2.45. The van der Waals surface area contributed by atoms with Crippen molar-refractivity contribution in [2.75, 3.05) is 19.0 Å². The lowest BCUT2D eigenvalue weighted by Gasteiger charge is -2.14. The number of amides is 2. The van der Waals surface area contributed by atoms with Crippen LogP contribution in [0.4, 0.5) is 10.5 Å². The van der Waals surface area contributed by atoms with Crippen molar-refractivity contribution in [2.45, 2.75) is 6.04 Å². The van der Waals surface area contributed by atoms with E-state index in [1.54, 1.807) is 0 Å². The molecule has 0 spiro atoms. The molecule has 0 saturated heterocycles. The number of hydrogen-bond donors (Lipinski definition) is 3. The van der Waals surface area contributed by atoms with Crippen molar-refractivity contribution in [2.24, 2.45) is 0 Å². The summed E-state index contributed by atoms with van der Waals surface area (Å²) in [5, 5.41) is 22.4. The summed E-state index contributed by atoms with van der Waals surface area (Å²) in [5.41, 5.74) is 0.619. The maximum atomic E-state index is 11.6. The molecule has 1 unspecified atom stereocenters. The summed E-state index contributed by atoms with van der Waals surface area (Å²) in [5.74, 6) is -1.21. The van der Waals surface area contributed by atoms with E-state index in [1.807, 2.05) is 6.07 Å². The van der Waals surface area contributed by atoms with Gasteiger partial charge in [0.2, 0.25) is 0 Å². The molecule has 3 N–H and O–H groups in total. The topological polar surface area (TPSA) is 111 Å². The fraction of sp³-hybridized carbons (Fsp3) is 0.250. The third kappa shape index (κ3) is 4.42. The Morgan fingerprint density at radius 2 is 2.25 bits per heavy atom. The molecule has 2 amide bonds. The number of urea groups is 1. The first-order valence-electron chi connectivity index (χ1n) is 5.46. The molecule has 0 aliphatic rings. The fourth-order valence-electron chi connectivity index (χ4n) is 1.35. The first-order valence-corrected chi connectivity index (χ1v) is 5.84. The van der Waals surface area contributed by atoms with E-state index >= 15 is 0 Å². The highest BCUT2D eigenvalue weighted by Crippen LogP contribution is 2.20. The smallest absolute Gasteiger partial charge is 0.328 e. The summed E-state index contributed by atoms with van der Waals surface area (Å²) >= 11 is 5.81. The van der Waals surface area contributed by atoms with Crippen LogP contribution in [0.5, 0.6) is 0 Å². The Bertz CT molecular complexity index is 556. The van der Waals surface area contributed by atoms with Crippen LogP contribution in [0.2, 0.25) is 5.02 Å². The van der Waals surface area contributed by atoms with Crippen LogP contribution < -0.4 is 10.6 Å². The summed E-state index contributed by atoms with van der Waals surface area (Å²) in [6, 6.07) is 4.34. The van der Waals surface area contributed by atoms with Gasteiger partial charge < -0.3 is 20.5 Å². The van der Waals surface area contributed by atoms with E-state index in [2.05, 4.69) is 15.4 Å². The fourth-order valence-corrected chi connectivity index (χ4v) is 1.57. The Morgan fingerprint density at radius 3 is 2.75 bits per heavy atom. The van der Waals surface area contributed by atoms with Crippen LogP contribution in [0.25, 0.3) is 0 Å². The van der Waals surface area contributed by atoms with Gasteiger partial charge in [-0.1, -0.05) is 11.6 Å². The zero-order valence-corrected chi connectivity index (χ0v) is 11.3. The van der Waals surface area contributed by atoms with Crippen LogP contribution in [0.1, 0.15) is 5.56 Å². The zero-order valence-electron chi connectivity index (χ0n) is 10.5. The number of nitrogens with one attached hydrogen (secondary N) is 2. The van der Waals surface area contributed by atoms with E-state index in [1.165, 1.54) is 25.3 Å². The van der Waals surface area contributed by atoms with Crippen molar-refractivity contribution in [1.29, 1.82) is 5.26 Å². The molecule has 0 aliphatic carbocycles. The lowest BCUT2D eigenvalue weighted by atomic mass is 10.2. The van der Waals surface area contributed by atoms with Gasteiger partial charge in [0.1, 0.15) is 6.07 Å². The van der Waals surface area contributed by atoms with E-state index in [0.717, 1.165) is 0 Å². The van der Waals surface area contributed by atoms with Gasteiger partial charge in [-0.15, -0.1) is 0 Å². The highest BCUT2D eigenvalue weighted by Gasteiger charge is 2.19. The SMILES string of the molecule is COCC(NC(=O)Nc1ccc(C#N)c(Cl)c1)C(=O)O. The van der Waals surface area contributed by atoms with E-state index in [-0.39, 0.29) is 17.2 Å². The molecule has 0 bridgehead atoms. The number of aliphatic carboxylic acids is 1. The first kappa shape index (κ1) is 15.8. The highest BCUT2D eigenvalue weighted by molar-refractivity contribution is 6.32. The van der Waals surface area contributed by atoms with Gasteiger partial charge in [0.15, 0.2) is 6.04 Å². The second-order valence-electron chi connectivity index (χ2n) is 3.75. The number of carbonyl (C=O) groups is 2. The van der Waals surface area contributed by atoms with Gasteiger partial charge in [-0.2, -0.15) is 5.26 Å². The number of benzene rings is 1. The molecule has 1 aromatic carbocycles. The van der Waals surface area contributed by atoms with Crippen molar-refractivity contribution in [3.8, 4) is 6.07 Å². The van der Waals surface area contributed by atoms with Gasteiger partial charge in [-0.05, 0) is 18.2 Å². The Labute approximate surface area is 120 Å². The van der Waals surface area contributed by atoms with Crippen molar-refractivity contribution in [3.05, 3.63) is 28.8 Å². The molecule has 8 heteroatoms. The van der Waals surface area contributed by atoms with Crippen molar-refractivity contribution >= 4 is 29.3 Å². The number of hydrogen-bond acceptors (Lipinski definition) is 4. The van der Waals surface area contributed by atoms with Crippen molar-refractivity contribution in [1.82, 2.24) is 5.32 Å². The number of rotatable bonds is 5. The van der Waals surface area contributed by atoms with E-state index in [0.29, 0.717) is 5.69 Å². The van der Waals surface area contributed by atoms with Gasteiger partial charge in [0, 0.05) is 12.8 Å². The summed E-state index contributed by atoms with van der Waals surface area (Å²) in [4.78, 5) is 22.5. The molecule has 1 aromatic rings. The molecule has 0 fully saturated rings. The van der Waals surface area contributed by atoms with Gasteiger partial charge in [-0.3, -0.25) is 0 Å². The quantitative estimate of drug-likeness (QED) is 0.761. The van der Waals surface area contributed by atoms with Crippen LogP contribution in [0.3, 0.4) is 0 Å². The largest absolute Gasteiger partial charge is 0.480 e. The number of anilines is 1.